The molecule has 0 bridgehead atoms. The smallest absolute Gasteiger partial charge is 0.244 e. The predicted molar refractivity (Wildman–Crippen MR) is 111 cm³/mol. The number of rotatable bonds is 8. The molecule has 0 aliphatic rings. The minimum Gasteiger partial charge on any atom is -0.333 e. The standard InChI is InChI=1S/C20H18F3N3O2S2/c1-2-7-26(10-16(27)25-14-6-5-13(21)18(22)19(14)23)17(28)9-12-11-30-20(24-12)15-4-3-8-29-15/h3-6,8,11H,2,7,9-10H2,1H3,(H,25,27). The number of halogens is 3. The molecule has 0 spiro atoms. The molecule has 30 heavy (non-hydrogen) atoms. The minimum absolute atomic E-state index is 0.0225. The molecule has 2 aromatic heterocycles. The van der Waals surface area contributed by atoms with Gasteiger partial charge in [0.05, 0.1) is 29.2 Å². The van der Waals surface area contributed by atoms with Crippen LogP contribution in [0.1, 0.15) is 19.0 Å². The average Bonchev–Trinajstić information content (AvgIpc) is 3.40. The Morgan fingerprint density at radius 2 is 1.93 bits per heavy atom. The molecule has 158 valence electrons. The van der Waals surface area contributed by atoms with Crippen LogP contribution in [0, 0.1) is 17.5 Å². The van der Waals surface area contributed by atoms with E-state index < -0.39 is 29.0 Å². The van der Waals surface area contributed by atoms with Gasteiger partial charge in [-0.05, 0) is 30.0 Å². The lowest BCUT2D eigenvalue weighted by molar-refractivity contribution is -0.134. The molecule has 2 heterocycles. The topological polar surface area (TPSA) is 62.3 Å². The van der Waals surface area contributed by atoms with Crippen LogP contribution in [0.3, 0.4) is 0 Å². The largest absolute Gasteiger partial charge is 0.333 e. The van der Waals surface area contributed by atoms with Crippen molar-refractivity contribution in [3.63, 3.8) is 0 Å². The molecule has 0 aliphatic carbocycles. The molecule has 3 rings (SSSR count). The van der Waals surface area contributed by atoms with Gasteiger partial charge in [-0.1, -0.05) is 13.0 Å². The van der Waals surface area contributed by atoms with E-state index in [1.54, 1.807) is 16.7 Å². The SMILES string of the molecule is CCCN(CC(=O)Nc1ccc(F)c(F)c1F)C(=O)Cc1csc(-c2cccs2)n1. The molecule has 0 fully saturated rings. The van der Waals surface area contributed by atoms with Gasteiger partial charge >= 0.3 is 0 Å². The number of thiazole rings is 1. The molecule has 2 amide bonds. The fraction of sp³-hybridized carbons (Fsp3) is 0.250. The fourth-order valence-electron chi connectivity index (χ4n) is 2.72. The van der Waals surface area contributed by atoms with Crippen molar-refractivity contribution in [1.29, 1.82) is 0 Å². The Hall–Kier alpha value is -2.72. The zero-order valence-electron chi connectivity index (χ0n) is 16.0. The highest BCUT2D eigenvalue weighted by Gasteiger charge is 2.20. The second-order valence-corrected chi connectivity index (χ2v) is 8.19. The van der Waals surface area contributed by atoms with Crippen molar-refractivity contribution in [1.82, 2.24) is 9.88 Å². The van der Waals surface area contributed by atoms with Crippen molar-refractivity contribution in [2.45, 2.75) is 19.8 Å². The molecule has 3 aromatic rings. The van der Waals surface area contributed by atoms with E-state index >= 15 is 0 Å². The maximum Gasteiger partial charge on any atom is 0.244 e. The molecule has 0 unspecified atom stereocenters. The van der Waals surface area contributed by atoms with Crippen LogP contribution in [-0.4, -0.2) is 34.8 Å². The molecular formula is C20H18F3N3O2S2. The van der Waals surface area contributed by atoms with Gasteiger partial charge in [0.15, 0.2) is 17.5 Å². The fourth-order valence-corrected chi connectivity index (χ4v) is 4.35. The summed E-state index contributed by atoms with van der Waals surface area (Å²) in [5.41, 5.74) is 0.115. The second kappa shape index (κ2) is 9.86. The van der Waals surface area contributed by atoms with Crippen LogP contribution in [0.15, 0.2) is 35.0 Å². The Balaban J connectivity index is 1.64. The number of thiophene rings is 1. The summed E-state index contributed by atoms with van der Waals surface area (Å²) in [6.45, 7) is 1.83. The van der Waals surface area contributed by atoms with Gasteiger partial charge < -0.3 is 10.2 Å². The summed E-state index contributed by atoms with van der Waals surface area (Å²) in [4.78, 5) is 31.8. The number of nitrogens with zero attached hydrogens (tertiary/aromatic N) is 2. The summed E-state index contributed by atoms with van der Waals surface area (Å²) in [6.07, 6.45) is 0.630. The minimum atomic E-state index is -1.67. The number of carbonyl (C=O) groups is 2. The molecule has 1 N–H and O–H groups in total. The van der Waals surface area contributed by atoms with Crippen LogP contribution >= 0.6 is 22.7 Å². The van der Waals surface area contributed by atoms with Crippen molar-refractivity contribution in [2.24, 2.45) is 0 Å². The summed E-state index contributed by atoms with van der Waals surface area (Å²) in [6, 6.07) is 5.51. The highest BCUT2D eigenvalue weighted by Crippen LogP contribution is 2.28. The van der Waals surface area contributed by atoms with E-state index in [4.69, 9.17) is 0 Å². The molecule has 0 saturated heterocycles. The molecular weight excluding hydrogens is 435 g/mol. The average molecular weight is 454 g/mol. The lowest BCUT2D eigenvalue weighted by Crippen LogP contribution is -2.39. The van der Waals surface area contributed by atoms with Crippen molar-refractivity contribution >= 4 is 40.2 Å². The Labute approximate surface area is 179 Å². The summed E-state index contributed by atoms with van der Waals surface area (Å²) in [5.74, 6) is -5.52. The van der Waals surface area contributed by atoms with E-state index in [1.165, 1.54) is 16.2 Å². The first-order valence-corrected chi connectivity index (χ1v) is 10.8. The van der Waals surface area contributed by atoms with Gasteiger partial charge in [-0.15, -0.1) is 22.7 Å². The number of anilines is 1. The second-order valence-electron chi connectivity index (χ2n) is 6.38. The zero-order chi connectivity index (χ0) is 21.7. The number of aromatic nitrogens is 1. The van der Waals surface area contributed by atoms with E-state index in [-0.39, 0.29) is 18.9 Å². The van der Waals surface area contributed by atoms with Gasteiger partial charge in [0.1, 0.15) is 5.01 Å². The molecule has 0 radical (unpaired) electrons. The van der Waals surface area contributed by atoms with Crippen LogP contribution in [-0.2, 0) is 16.0 Å². The van der Waals surface area contributed by atoms with Crippen molar-refractivity contribution < 1.29 is 22.8 Å². The normalized spacial score (nSPS) is 10.8. The number of benzene rings is 1. The molecule has 10 heteroatoms. The lowest BCUT2D eigenvalue weighted by Gasteiger charge is -2.21. The van der Waals surface area contributed by atoms with Crippen LogP contribution in [0.4, 0.5) is 18.9 Å². The third kappa shape index (κ3) is 5.25. The maximum atomic E-state index is 13.8. The van der Waals surface area contributed by atoms with Gasteiger partial charge in [0.2, 0.25) is 11.8 Å². The van der Waals surface area contributed by atoms with Gasteiger partial charge in [-0.3, -0.25) is 9.59 Å². The first kappa shape index (κ1) is 22.0. The van der Waals surface area contributed by atoms with E-state index in [0.29, 0.717) is 18.7 Å². The Kier molecular flexibility index (Phi) is 7.22. The van der Waals surface area contributed by atoms with Gasteiger partial charge in [0.25, 0.3) is 0 Å². The van der Waals surface area contributed by atoms with Crippen molar-refractivity contribution in [3.8, 4) is 9.88 Å². The zero-order valence-corrected chi connectivity index (χ0v) is 17.6. The monoisotopic (exact) mass is 453 g/mol. The van der Waals surface area contributed by atoms with Crippen LogP contribution in [0.2, 0.25) is 0 Å². The molecule has 0 aliphatic heterocycles. The Morgan fingerprint density at radius 3 is 2.63 bits per heavy atom. The maximum absolute atomic E-state index is 13.8. The number of amides is 2. The lowest BCUT2D eigenvalue weighted by atomic mass is 10.2. The number of carbonyl (C=O) groups excluding carboxylic acids is 2. The predicted octanol–water partition coefficient (Wildman–Crippen LogP) is 4.71. The van der Waals surface area contributed by atoms with Crippen molar-refractivity contribution in [3.05, 3.63) is 58.2 Å². The first-order chi connectivity index (χ1) is 14.4. The summed E-state index contributed by atoms with van der Waals surface area (Å²) in [5, 5.41) is 6.75. The summed E-state index contributed by atoms with van der Waals surface area (Å²) in [7, 11) is 0. The number of hydrogen-bond acceptors (Lipinski definition) is 5. The van der Waals surface area contributed by atoms with Gasteiger partial charge in [-0.25, -0.2) is 18.2 Å². The summed E-state index contributed by atoms with van der Waals surface area (Å²) >= 11 is 2.99. The molecule has 0 saturated carbocycles. The number of hydrogen-bond donors (Lipinski definition) is 1. The highest BCUT2D eigenvalue weighted by atomic mass is 32.1. The van der Waals surface area contributed by atoms with E-state index in [1.807, 2.05) is 24.4 Å². The molecule has 1 aromatic carbocycles. The first-order valence-electron chi connectivity index (χ1n) is 9.08. The molecule has 5 nitrogen and oxygen atoms in total. The van der Waals surface area contributed by atoms with Crippen LogP contribution in [0.5, 0.6) is 0 Å². The van der Waals surface area contributed by atoms with Gasteiger partial charge in [0, 0.05) is 11.9 Å². The van der Waals surface area contributed by atoms with Crippen molar-refractivity contribution in [2.75, 3.05) is 18.4 Å². The summed E-state index contributed by atoms with van der Waals surface area (Å²) < 4.78 is 40.1. The third-order valence-corrected chi connectivity index (χ3v) is 6.04. The Bertz CT molecular complexity index is 1040. The van der Waals surface area contributed by atoms with E-state index in [0.717, 1.165) is 22.0 Å². The van der Waals surface area contributed by atoms with Crippen LogP contribution < -0.4 is 5.32 Å². The third-order valence-electron chi connectivity index (χ3n) is 4.11. The molecule has 0 atom stereocenters. The highest BCUT2D eigenvalue weighted by molar-refractivity contribution is 7.20. The quantitative estimate of drug-likeness (QED) is 0.503. The van der Waals surface area contributed by atoms with E-state index in [2.05, 4.69) is 10.3 Å². The number of nitrogens with one attached hydrogen (secondary N) is 1. The van der Waals surface area contributed by atoms with Crippen LogP contribution in [0.25, 0.3) is 9.88 Å². The Morgan fingerprint density at radius 1 is 1.13 bits per heavy atom. The van der Waals surface area contributed by atoms with Gasteiger partial charge in [-0.2, -0.15) is 0 Å². The van der Waals surface area contributed by atoms with E-state index in [9.17, 15) is 22.8 Å².